The van der Waals surface area contributed by atoms with Gasteiger partial charge < -0.3 is 33.5 Å². The molecule has 3 atom stereocenters. The van der Waals surface area contributed by atoms with Gasteiger partial charge in [-0.15, -0.1) is 0 Å². The molecule has 0 spiro atoms. The minimum Gasteiger partial charge on any atom is -0.490 e. The van der Waals surface area contributed by atoms with Gasteiger partial charge in [0.05, 0.1) is 31.5 Å². The average Bonchev–Trinajstić information content (AvgIpc) is 3.66. The highest BCUT2D eigenvalue weighted by Crippen LogP contribution is 2.36. The molecule has 1 saturated carbocycles. The number of methoxy groups -OCH3 is 1. The molecule has 1 amide bonds. The number of carbonyl (C=O) groups excluding carboxylic acids is 1. The normalized spacial score (nSPS) is 22.7. The van der Waals surface area contributed by atoms with Crippen LogP contribution in [0.4, 0.5) is 10.5 Å². The number of likely N-dealkylation sites (tertiary alicyclic amines) is 2. The lowest BCUT2D eigenvalue weighted by Crippen LogP contribution is -2.47. The first-order valence-electron chi connectivity index (χ1n) is 19.2. The van der Waals surface area contributed by atoms with Crippen molar-refractivity contribution in [3.05, 3.63) is 89.5 Å². The first kappa shape index (κ1) is 35.6. The molecule has 3 unspecified atom stereocenters. The van der Waals surface area contributed by atoms with Crippen LogP contribution in [0.2, 0.25) is 0 Å². The molecule has 1 aliphatic carbocycles. The number of piperidine rings is 1. The van der Waals surface area contributed by atoms with Crippen LogP contribution in [0.1, 0.15) is 74.0 Å². The summed E-state index contributed by atoms with van der Waals surface area (Å²) in [6.45, 7) is 7.12. The van der Waals surface area contributed by atoms with Gasteiger partial charge in [-0.2, -0.15) is 0 Å². The van der Waals surface area contributed by atoms with Crippen LogP contribution in [-0.2, 0) is 27.4 Å². The Labute approximate surface area is 303 Å². The SMILES string of the molecule is COCCCN1CCOc2ccc(COC3CN(C(=O)OCc4ccccc4)CCC3c3ccc(OC4CCN(C5CCCCC5)C4)cc3)cc21. The van der Waals surface area contributed by atoms with E-state index in [1.54, 1.807) is 12.0 Å². The molecule has 3 fully saturated rings. The number of ether oxygens (including phenoxy) is 5. The summed E-state index contributed by atoms with van der Waals surface area (Å²) < 4.78 is 30.3. The van der Waals surface area contributed by atoms with Crippen LogP contribution in [0.5, 0.6) is 11.5 Å². The number of fused-ring (bicyclic) bond motifs is 1. The molecule has 2 saturated heterocycles. The maximum atomic E-state index is 13.3. The predicted molar refractivity (Wildman–Crippen MR) is 199 cm³/mol. The van der Waals surface area contributed by atoms with Crippen molar-refractivity contribution >= 4 is 11.8 Å². The van der Waals surface area contributed by atoms with Gasteiger partial charge >= 0.3 is 6.09 Å². The number of amides is 1. The molecular formula is C42H55N3O6. The number of anilines is 1. The lowest BCUT2D eigenvalue weighted by Gasteiger charge is -2.38. The number of hydrogen-bond donors (Lipinski definition) is 0. The van der Waals surface area contributed by atoms with Gasteiger partial charge in [0.2, 0.25) is 0 Å². The van der Waals surface area contributed by atoms with Gasteiger partial charge in [-0.05, 0) is 73.1 Å². The van der Waals surface area contributed by atoms with E-state index in [1.807, 2.05) is 30.3 Å². The Morgan fingerprint density at radius 1 is 0.843 bits per heavy atom. The van der Waals surface area contributed by atoms with Gasteiger partial charge in [0.15, 0.2) is 0 Å². The molecule has 4 aliphatic rings. The Morgan fingerprint density at radius 2 is 1.69 bits per heavy atom. The first-order valence-corrected chi connectivity index (χ1v) is 19.2. The van der Waals surface area contributed by atoms with Crippen LogP contribution in [0.3, 0.4) is 0 Å². The van der Waals surface area contributed by atoms with Gasteiger partial charge in [-0.3, -0.25) is 4.90 Å². The van der Waals surface area contributed by atoms with E-state index in [4.69, 9.17) is 23.7 Å². The van der Waals surface area contributed by atoms with E-state index in [9.17, 15) is 4.79 Å². The van der Waals surface area contributed by atoms with Crippen LogP contribution < -0.4 is 14.4 Å². The quantitative estimate of drug-likeness (QED) is 0.171. The number of rotatable bonds is 13. The molecule has 3 aliphatic heterocycles. The monoisotopic (exact) mass is 697 g/mol. The molecule has 0 radical (unpaired) electrons. The van der Waals surface area contributed by atoms with E-state index < -0.39 is 0 Å². The maximum absolute atomic E-state index is 13.3. The van der Waals surface area contributed by atoms with Gasteiger partial charge in [0.1, 0.15) is 30.8 Å². The molecule has 274 valence electrons. The first-order chi connectivity index (χ1) is 25.1. The second-order valence-corrected chi connectivity index (χ2v) is 14.6. The minimum absolute atomic E-state index is 0.136. The molecule has 9 heteroatoms. The third kappa shape index (κ3) is 9.36. The largest absolute Gasteiger partial charge is 0.490 e. The summed E-state index contributed by atoms with van der Waals surface area (Å²) in [5, 5.41) is 0. The van der Waals surface area contributed by atoms with Crippen molar-refractivity contribution in [2.75, 3.05) is 64.5 Å². The predicted octanol–water partition coefficient (Wildman–Crippen LogP) is 7.42. The fourth-order valence-corrected chi connectivity index (χ4v) is 8.30. The summed E-state index contributed by atoms with van der Waals surface area (Å²) in [6, 6.07) is 25.5. The van der Waals surface area contributed by atoms with Crippen LogP contribution in [0.25, 0.3) is 0 Å². The topological polar surface area (TPSA) is 72.9 Å². The number of carbonyl (C=O) groups is 1. The van der Waals surface area contributed by atoms with Crippen molar-refractivity contribution < 1.29 is 28.5 Å². The van der Waals surface area contributed by atoms with E-state index in [0.717, 1.165) is 86.4 Å². The highest BCUT2D eigenvalue weighted by Gasteiger charge is 2.35. The van der Waals surface area contributed by atoms with Crippen molar-refractivity contribution in [3.63, 3.8) is 0 Å². The second-order valence-electron chi connectivity index (χ2n) is 14.6. The zero-order chi connectivity index (χ0) is 34.8. The van der Waals surface area contributed by atoms with Crippen molar-refractivity contribution in [2.24, 2.45) is 0 Å². The van der Waals surface area contributed by atoms with Gasteiger partial charge in [0, 0.05) is 51.9 Å². The number of benzene rings is 3. The Morgan fingerprint density at radius 3 is 2.51 bits per heavy atom. The Hall–Kier alpha value is -3.79. The third-order valence-electron chi connectivity index (χ3n) is 11.1. The van der Waals surface area contributed by atoms with E-state index in [0.29, 0.717) is 26.3 Å². The van der Waals surface area contributed by atoms with Crippen LogP contribution in [-0.4, -0.2) is 93.7 Å². The molecule has 0 bridgehead atoms. The molecule has 0 N–H and O–H groups in total. The molecule has 7 rings (SSSR count). The molecular weight excluding hydrogens is 642 g/mol. The van der Waals surface area contributed by atoms with Crippen molar-refractivity contribution in [1.82, 2.24) is 9.80 Å². The smallest absolute Gasteiger partial charge is 0.410 e. The van der Waals surface area contributed by atoms with E-state index >= 15 is 0 Å². The van der Waals surface area contributed by atoms with Crippen molar-refractivity contribution in [3.8, 4) is 11.5 Å². The molecule has 3 aromatic carbocycles. The van der Waals surface area contributed by atoms with Crippen LogP contribution in [0.15, 0.2) is 72.8 Å². The maximum Gasteiger partial charge on any atom is 0.410 e. The fourth-order valence-electron chi connectivity index (χ4n) is 8.30. The third-order valence-corrected chi connectivity index (χ3v) is 11.1. The van der Waals surface area contributed by atoms with Gasteiger partial charge in [-0.1, -0.05) is 67.8 Å². The Bertz CT molecular complexity index is 1530. The second kappa shape index (κ2) is 17.6. The zero-order valence-electron chi connectivity index (χ0n) is 30.3. The number of nitrogens with zero attached hydrogens (tertiary/aromatic N) is 3. The van der Waals surface area contributed by atoms with Gasteiger partial charge in [-0.25, -0.2) is 4.79 Å². The van der Waals surface area contributed by atoms with E-state index in [2.05, 4.69) is 52.3 Å². The van der Waals surface area contributed by atoms with Gasteiger partial charge in [0.25, 0.3) is 0 Å². The zero-order valence-corrected chi connectivity index (χ0v) is 30.3. The molecule has 0 aromatic heterocycles. The highest BCUT2D eigenvalue weighted by molar-refractivity contribution is 5.68. The summed E-state index contributed by atoms with van der Waals surface area (Å²) in [6.07, 6.45) is 9.37. The average molecular weight is 698 g/mol. The summed E-state index contributed by atoms with van der Waals surface area (Å²) in [5.41, 5.74) is 4.37. The Balaban J connectivity index is 1.01. The molecule has 51 heavy (non-hydrogen) atoms. The lowest BCUT2D eigenvalue weighted by atomic mass is 9.87. The summed E-state index contributed by atoms with van der Waals surface area (Å²) in [7, 11) is 1.74. The highest BCUT2D eigenvalue weighted by atomic mass is 16.6. The summed E-state index contributed by atoms with van der Waals surface area (Å²) in [5.74, 6) is 1.98. The lowest BCUT2D eigenvalue weighted by molar-refractivity contribution is -0.0246. The Kier molecular flexibility index (Phi) is 12.3. The van der Waals surface area contributed by atoms with E-state index in [1.165, 1.54) is 37.7 Å². The van der Waals surface area contributed by atoms with Crippen LogP contribution >= 0.6 is 0 Å². The van der Waals surface area contributed by atoms with Crippen molar-refractivity contribution in [2.45, 2.75) is 88.7 Å². The molecule has 3 heterocycles. The standard InChI is InChI=1S/C42H55N3O6/c1-47-25-8-21-43-24-26-48-40-18-13-33(27-39(40)43)31-49-41-29-45(42(46)50-30-32-9-4-2-5-10-32)23-20-38(41)34-14-16-36(17-15-34)51-37-19-22-44(28-37)35-11-6-3-7-12-35/h2,4-5,9-10,13-18,27,35,37-38,41H,3,6-8,11-12,19-26,28-31H2,1H3. The minimum atomic E-state index is -0.300. The molecule has 9 nitrogen and oxygen atoms in total. The van der Waals surface area contributed by atoms with Crippen LogP contribution in [0, 0.1) is 0 Å². The van der Waals surface area contributed by atoms with Crippen molar-refractivity contribution in [1.29, 1.82) is 0 Å². The molecule has 3 aromatic rings. The number of hydrogen-bond acceptors (Lipinski definition) is 8. The fraction of sp³-hybridized carbons (Fsp3) is 0.548. The van der Waals surface area contributed by atoms with E-state index in [-0.39, 0.29) is 30.8 Å². The summed E-state index contributed by atoms with van der Waals surface area (Å²) in [4.78, 5) is 20.1. The summed E-state index contributed by atoms with van der Waals surface area (Å²) >= 11 is 0.